The topological polar surface area (TPSA) is 39.2 Å². The van der Waals surface area contributed by atoms with Crippen LogP contribution in [0.4, 0.5) is 4.39 Å². The summed E-state index contributed by atoms with van der Waals surface area (Å²) in [5.41, 5.74) is 0.155. The lowest BCUT2D eigenvalue weighted by molar-refractivity contribution is 0.0732. The van der Waals surface area contributed by atoms with E-state index in [0.29, 0.717) is 15.9 Å². The third-order valence-electron chi connectivity index (χ3n) is 3.04. The zero-order valence-electron chi connectivity index (χ0n) is 11.0. The number of fused-ring (bicyclic) bond motifs is 1. The Morgan fingerprint density at radius 2 is 1.86 bits per heavy atom. The number of rotatable bonds is 2. The number of halogens is 3. The first-order chi connectivity index (χ1) is 10.6. The molecule has 22 heavy (non-hydrogen) atoms. The van der Waals surface area contributed by atoms with Crippen molar-refractivity contribution in [1.82, 2.24) is 4.98 Å². The molecule has 1 aromatic heterocycles. The lowest BCUT2D eigenvalue weighted by Gasteiger charge is -2.10. The van der Waals surface area contributed by atoms with Crippen molar-refractivity contribution in [2.75, 3.05) is 0 Å². The maximum atomic E-state index is 13.7. The van der Waals surface area contributed by atoms with E-state index in [1.807, 2.05) is 0 Å². The van der Waals surface area contributed by atoms with E-state index in [-0.39, 0.29) is 16.3 Å². The minimum absolute atomic E-state index is 0.0509. The molecule has 3 nitrogen and oxygen atoms in total. The molecule has 3 aromatic rings. The van der Waals surface area contributed by atoms with Gasteiger partial charge in [0.2, 0.25) is 0 Å². The molecular weight excluding hydrogens is 328 g/mol. The molecule has 0 bridgehead atoms. The number of nitrogens with zero attached hydrogens (tertiary/aromatic N) is 1. The molecule has 0 N–H and O–H groups in total. The van der Waals surface area contributed by atoms with E-state index in [1.54, 1.807) is 18.2 Å². The molecule has 110 valence electrons. The fraction of sp³-hybridized carbons (Fsp3) is 0. The Balaban J connectivity index is 2.08. The summed E-state index contributed by atoms with van der Waals surface area (Å²) in [5, 5.41) is 1.10. The number of benzene rings is 2. The van der Waals surface area contributed by atoms with Gasteiger partial charge in [-0.05, 0) is 30.3 Å². The molecule has 0 spiro atoms. The molecule has 1 heterocycles. The molecule has 0 radical (unpaired) electrons. The van der Waals surface area contributed by atoms with E-state index in [1.165, 1.54) is 30.5 Å². The van der Waals surface area contributed by atoms with Crippen LogP contribution in [-0.2, 0) is 0 Å². The predicted octanol–water partition coefficient (Wildman–Crippen LogP) is 4.90. The van der Waals surface area contributed by atoms with Crippen molar-refractivity contribution in [2.45, 2.75) is 0 Å². The van der Waals surface area contributed by atoms with Gasteiger partial charge in [-0.2, -0.15) is 0 Å². The Bertz CT molecular complexity index is 883. The summed E-state index contributed by atoms with van der Waals surface area (Å²) in [6, 6.07) is 10.4. The second kappa shape index (κ2) is 5.91. The van der Waals surface area contributed by atoms with Crippen molar-refractivity contribution < 1.29 is 13.9 Å². The number of esters is 1. The van der Waals surface area contributed by atoms with Crippen LogP contribution in [-0.4, -0.2) is 11.0 Å². The van der Waals surface area contributed by atoms with Gasteiger partial charge in [0.1, 0.15) is 11.3 Å². The summed E-state index contributed by atoms with van der Waals surface area (Å²) in [7, 11) is 0. The molecule has 0 aliphatic heterocycles. The van der Waals surface area contributed by atoms with Gasteiger partial charge in [0.25, 0.3) is 0 Å². The zero-order valence-corrected chi connectivity index (χ0v) is 12.5. The van der Waals surface area contributed by atoms with Crippen LogP contribution in [0, 0.1) is 5.82 Å². The first-order valence-electron chi connectivity index (χ1n) is 6.27. The largest absolute Gasteiger partial charge is 0.419 e. The minimum Gasteiger partial charge on any atom is -0.419 e. The van der Waals surface area contributed by atoms with E-state index in [2.05, 4.69) is 4.98 Å². The number of ether oxygens (including phenoxy) is 1. The van der Waals surface area contributed by atoms with Crippen molar-refractivity contribution in [3.63, 3.8) is 0 Å². The quantitative estimate of drug-likeness (QED) is 0.494. The third kappa shape index (κ3) is 2.63. The van der Waals surface area contributed by atoms with Crippen LogP contribution in [0.3, 0.4) is 0 Å². The van der Waals surface area contributed by atoms with Crippen molar-refractivity contribution in [1.29, 1.82) is 0 Å². The molecule has 0 saturated heterocycles. The highest BCUT2D eigenvalue weighted by atomic mass is 35.5. The van der Waals surface area contributed by atoms with Crippen molar-refractivity contribution >= 4 is 40.1 Å². The third-order valence-corrected chi connectivity index (χ3v) is 3.63. The highest BCUT2D eigenvalue weighted by Crippen LogP contribution is 2.37. The van der Waals surface area contributed by atoms with E-state index < -0.39 is 11.8 Å². The van der Waals surface area contributed by atoms with Gasteiger partial charge in [-0.25, -0.2) is 9.18 Å². The summed E-state index contributed by atoms with van der Waals surface area (Å²) in [6.45, 7) is 0. The second-order valence-electron chi connectivity index (χ2n) is 4.44. The number of aromatic nitrogens is 1. The molecule has 0 aliphatic rings. The molecule has 3 rings (SSSR count). The molecule has 0 unspecified atom stereocenters. The Kier molecular flexibility index (Phi) is 3.96. The van der Waals surface area contributed by atoms with Crippen molar-refractivity contribution in [2.24, 2.45) is 0 Å². The van der Waals surface area contributed by atoms with Gasteiger partial charge in [0, 0.05) is 11.6 Å². The van der Waals surface area contributed by atoms with Crippen LogP contribution in [0.15, 0.2) is 48.7 Å². The summed E-state index contributed by atoms with van der Waals surface area (Å²) in [6.07, 6.45) is 1.52. The first kappa shape index (κ1) is 14.8. The van der Waals surface area contributed by atoms with Gasteiger partial charge in [0.15, 0.2) is 5.75 Å². The lowest BCUT2D eigenvalue weighted by Crippen LogP contribution is -2.11. The van der Waals surface area contributed by atoms with Gasteiger partial charge in [-0.15, -0.1) is 0 Å². The van der Waals surface area contributed by atoms with Gasteiger partial charge < -0.3 is 4.74 Å². The van der Waals surface area contributed by atoms with Crippen LogP contribution in [0.1, 0.15) is 10.4 Å². The maximum absolute atomic E-state index is 13.7. The molecular formula is C16H8Cl2FNO2. The number of pyridine rings is 1. The second-order valence-corrected chi connectivity index (χ2v) is 5.25. The van der Waals surface area contributed by atoms with Crippen LogP contribution >= 0.6 is 23.2 Å². The Morgan fingerprint density at radius 1 is 1.09 bits per heavy atom. The summed E-state index contributed by atoms with van der Waals surface area (Å²) >= 11 is 12.2. The Morgan fingerprint density at radius 3 is 2.64 bits per heavy atom. The van der Waals surface area contributed by atoms with Gasteiger partial charge in [-0.1, -0.05) is 35.3 Å². The summed E-state index contributed by atoms with van der Waals surface area (Å²) < 4.78 is 18.9. The number of carbonyl (C=O) groups excluding carboxylic acids is 1. The first-order valence-corrected chi connectivity index (χ1v) is 7.03. The highest BCUT2D eigenvalue weighted by molar-refractivity contribution is 6.39. The lowest BCUT2D eigenvalue weighted by atomic mass is 10.2. The average molecular weight is 336 g/mol. The van der Waals surface area contributed by atoms with Crippen LogP contribution in [0.25, 0.3) is 10.9 Å². The Labute approximate surface area is 135 Å². The standard InChI is InChI=1S/C16H8Cl2FNO2/c17-11-8-12(18)15(14-9(11)5-3-7-20-14)22-16(21)10-4-1-2-6-13(10)19/h1-8H. The number of hydrogen-bond donors (Lipinski definition) is 0. The molecule has 0 aliphatic carbocycles. The van der Waals surface area contributed by atoms with Crippen molar-refractivity contribution in [3.8, 4) is 5.75 Å². The Hall–Kier alpha value is -2.17. The fourth-order valence-corrected chi connectivity index (χ4v) is 2.57. The molecule has 6 heteroatoms. The fourth-order valence-electron chi connectivity index (χ4n) is 2.02. The van der Waals surface area contributed by atoms with Crippen molar-refractivity contribution in [3.05, 3.63) is 70.1 Å². The average Bonchev–Trinajstić information content (AvgIpc) is 2.51. The molecule has 0 fully saturated rings. The van der Waals surface area contributed by atoms with Gasteiger partial charge in [0.05, 0.1) is 15.6 Å². The van der Waals surface area contributed by atoms with E-state index >= 15 is 0 Å². The SMILES string of the molecule is O=C(Oc1c(Cl)cc(Cl)c2cccnc12)c1ccccc1F. The monoisotopic (exact) mass is 335 g/mol. The van der Waals surface area contributed by atoms with Crippen LogP contribution in [0.2, 0.25) is 10.0 Å². The summed E-state index contributed by atoms with van der Waals surface area (Å²) in [4.78, 5) is 16.3. The predicted molar refractivity (Wildman–Crippen MR) is 83.1 cm³/mol. The molecule has 2 aromatic carbocycles. The highest BCUT2D eigenvalue weighted by Gasteiger charge is 2.19. The summed E-state index contributed by atoms with van der Waals surface area (Å²) in [5.74, 6) is -1.47. The minimum atomic E-state index is -0.853. The number of hydrogen-bond acceptors (Lipinski definition) is 3. The van der Waals surface area contributed by atoms with Gasteiger partial charge in [-0.3, -0.25) is 4.98 Å². The molecule has 0 atom stereocenters. The van der Waals surface area contributed by atoms with Crippen LogP contribution in [0.5, 0.6) is 5.75 Å². The van der Waals surface area contributed by atoms with E-state index in [9.17, 15) is 9.18 Å². The molecule has 0 saturated carbocycles. The van der Waals surface area contributed by atoms with Crippen LogP contribution < -0.4 is 4.74 Å². The smallest absolute Gasteiger partial charge is 0.346 e. The maximum Gasteiger partial charge on any atom is 0.346 e. The molecule has 0 amide bonds. The normalized spacial score (nSPS) is 10.7. The number of carbonyl (C=O) groups is 1. The zero-order chi connectivity index (χ0) is 15.7. The van der Waals surface area contributed by atoms with E-state index in [0.717, 1.165) is 0 Å². The van der Waals surface area contributed by atoms with E-state index in [4.69, 9.17) is 27.9 Å². The van der Waals surface area contributed by atoms with Gasteiger partial charge >= 0.3 is 5.97 Å².